The van der Waals surface area contributed by atoms with Crippen LogP contribution in [0.1, 0.15) is 22.4 Å². The van der Waals surface area contributed by atoms with E-state index in [1.807, 2.05) is 13.8 Å². The molecule has 3 nitrogen and oxygen atoms in total. The number of hydrogen-bond acceptors (Lipinski definition) is 3. The van der Waals surface area contributed by atoms with Gasteiger partial charge in [0.1, 0.15) is 11.6 Å². The van der Waals surface area contributed by atoms with E-state index < -0.39 is 5.82 Å². The molecule has 1 aromatic carbocycles. The Balaban J connectivity index is 2.02. The molecule has 21 heavy (non-hydrogen) atoms. The van der Waals surface area contributed by atoms with E-state index in [1.165, 1.54) is 6.07 Å². The quantitative estimate of drug-likeness (QED) is 0.912. The summed E-state index contributed by atoms with van der Waals surface area (Å²) in [6.07, 6.45) is 1.80. The number of nitrogens with zero attached hydrogens (tertiary/aromatic N) is 1. The predicted octanol–water partition coefficient (Wildman–Crippen LogP) is 3.79. The summed E-state index contributed by atoms with van der Waals surface area (Å²) in [4.78, 5) is 4.42. The van der Waals surface area contributed by atoms with E-state index in [2.05, 4.69) is 10.3 Å². The lowest BCUT2D eigenvalue weighted by Crippen LogP contribution is -2.15. The number of nitrogens with one attached hydrogen (secondary N) is 1. The zero-order valence-electron chi connectivity index (χ0n) is 12.3. The molecule has 0 saturated carbocycles. The van der Waals surface area contributed by atoms with Crippen LogP contribution in [0.15, 0.2) is 24.4 Å². The highest BCUT2D eigenvalue weighted by molar-refractivity contribution is 6.30. The van der Waals surface area contributed by atoms with E-state index in [4.69, 9.17) is 16.3 Å². The SMILES string of the molecule is COc1c(C)cnc(CNCc2ccc(F)c(Cl)c2)c1C. The van der Waals surface area contributed by atoms with E-state index in [9.17, 15) is 4.39 Å². The van der Waals surface area contributed by atoms with Crippen molar-refractivity contribution in [2.75, 3.05) is 7.11 Å². The van der Waals surface area contributed by atoms with E-state index in [0.29, 0.717) is 13.1 Å². The maximum atomic E-state index is 13.1. The maximum Gasteiger partial charge on any atom is 0.141 e. The van der Waals surface area contributed by atoms with Crippen molar-refractivity contribution in [3.05, 3.63) is 57.6 Å². The van der Waals surface area contributed by atoms with Crippen molar-refractivity contribution >= 4 is 11.6 Å². The van der Waals surface area contributed by atoms with Gasteiger partial charge in [-0.15, -0.1) is 0 Å². The minimum absolute atomic E-state index is 0.139. The van der Waals surface area contributed by atoms with Crippen LogP contribution in [0.2, 0.25) is 5.02 Å². The highest BCUT2D eigenvalue weighted by Gasteiger charge is 2.09. The van der Waals surface area contributed by atoms with Gasteiger partial charge in [0.05, 0.1) is 17.8 Å². The standard InChI is InChI=1S/C16H18ClFN2O/c1-10-7-20-15(11(2)16(10)21-3)9-19-8-12-4-5-14(18)13(17)6-12/h4-7,19H,8-9H2,1-3H3. The molecule has 0 saturated heterocycles. The van der Waals surface area contributed by atoms with E-state index in [0.717, 1.165) is 28.1 Å². The summed E-state index contributed by atoms with van der Waals surface area (Å²) < 4.78 is 18.5. The van der Waals surface area contributed by atoms with Crippen molar-refractivity contribution in [2.45, 2.75) is 26.9 Å². The molecule has 0 spiro atoms. The van der Waals surface area contributed by atoms with Crippen LogP contribution in [-0.2, 0) is 13.1 Å². The maximum absolute atomic E-state index is 13.1. The largest absolute Gasteiger partial charge is 0.496 e. The molecule has 0 unspecified atom stereocenters. The number of halogens is 2. The van der Waals surface area contributed by atoms with Crippen LogP contribution in [-0.4, -0.2) is 12.1 Å². The summed E-state index contributed by atoms with van der Waals surface area (Å²) in [7, 11) is 1.66. The van der Waals surface area contributed by atoms with Gasteiger partial charge in [0.2, 0.25) is 0 Å². The van der Waals surface area contributed by atoms with Crippen LogP contribution >= 0.6 is 11.6 Å². The highest BCUT2D eigenvalue weighted by atomic mass is 35.5. The van der Waals surface area contributed by atoms with Crippen molar-refractivity contribution in [1.82, 2.24) is 10.3 Å². The number of ether oxygens (including phenoxy) is 1. The lowest BCUT2D eigenvalue weighted by molar-refractivity contribution is 0.406. The van der Waals surface area contributed by atoms with Crippen LogP contribution in [0.25, 0.3) is 0 Å². The van der Waals surface area contributed by atoms with Crippen LogP contribution in [0.4, 0.5) is 4.39 Å². The molecular formula is C16H18ClFN2O. The number of hydrogen-bond donors (Lipinski definition) is 1. The fourth-order valence-electron chi connectivity index (χ4n) is 2.22. The smallest absolute Gasteiger partial charge is 0.141 e. The first-order valence-electron chi connectivity index (χ1n) is 6.66. The third kappa shape index (κ3) is 3.71. The van der Waals surface area contributed by atoms with Crippen molar-refractivity contribution in [1.29, 1.82) is 0 Å². The third-order valence-corrected chi connectivity index (χ3v) is 3.65. The first-order chi connectivity index (χ1) is 10.0. The molecule has 112 valence electrons. The molecule has 1 heterocycles. The lowest BCUT2D eigenvalue weighted by Gasteiger charge is -2.13. The number of methoxy groups -OCH3 is 1. The number of pyridine rings is 1. The fourth-order valence-corrected chi connectivity index (χ4v) is 2.43. The Morgan fingerprint density at radius 1 is 1.29 bits per heavy atom. The first-order valence-corrected chi connectivity index (χ1v) is 7.04. The molecule has 5 heteroatoms. The topological polar surface area (TPSA) is 34.1 Å². The van der Waals surface area contributed by atoms with Crippen LogP contribution < -0.4 is 10.1 Å². The Labute approximate surface area is 129 Å². The molecule has 0 amide bonds. The molecule has 0 radical (unpaired) electrons. The molecule has 1 aromatic heterocycles. The molecule has 0 aliphatic rings. The lowest BCUT2D eigenvalue weighted by atomic mass is 10.1. The second-order valence-corrected chi connectivity index (χ2v) is 5.31. The van der Waals surface area contributed by atoms with Gasteiger partial charge in [0.25, 0.3) is 0 Å². The van der Waals surface area contributed by atoms with Gasteiger partial charge >= 0.3 is 0 Å². The van der Waals surface area contributed by atoms with E-state index in [-0.39, 0.29) is 5.02 Å². The van der Waals surface area contributed by atoms with Gasteiger partial charge in [0, 0.05) is 30.4 Å². The molecule has 0 bridgehead atoms. The molecule has 0 atom stereocenters. The highest BCUT2D eigenvalue weighted by Crippen LogP contribution is 2.23. The minimum atomic E-state index is -0.402. The van der Waals surface area contributed by atoms with E-state index in [1.54, 1.807) is 25.4 Å². The molecule has 0 aliphatic heterocycles. The molecule has 1 N–H and O–H groups in total. The van der Waals surface area contributed by atoms with Gasteiger partial charge in [-0.3, -0.25) is 4.98 Å². The molecule has 0 fully saturated rings. The van der Waals surface area contributed by atoms with Gasteiger partial charge in [0.15, 0.2) is 0 Å². The number of benzene rings is 1. The monoisotopic (exact) mass is 308 g/mol. The average molecular weight is 309 g/mol. The van der Waals surface area contributed by atoms with Gasteiger partial charge in [-0.05, 0) is 31.5 Å². The Bertz CT molecular complexity index is 646. The van der Waals surface area contributed by atoms with Gasteiger partial charge in [-0.25, -0.2) is 4.39 Å². The molecule has 2 rings (SSSR count). The Kier molecular flexibility index (Phi) is 5.15. The summed E-state index contributed by atoms with van der Waals surface area (Å²) in [6.45, 7) is 5.16. The summed E-state index contributed by atoms with van der Waals surface area (Å²) in [6, 6.07) is 4.71. The average Bonchev–Trinajstić information content (AvgIpc) is 2.46. The minimum Gasteiger partial charge on any atom is -0.496 e. The van der Waals surface area contributed by atoms with Crippen LogP contribution in [0, 0.1) is 19.7 Å². The summed E-state index contributed by atoms with van der Waals surface area (Å²) >= 11 is 5.76. The Hall–Kier alpha value is -1.65. The normalized spacial score (nSPS) is 10.7. The van der Waals surface area contributed by atoms with Gasteiger partial charge in [-0.1, -0.05) is 17.7 Å². The number of aromatic nitrogens is 1. The first kappa shape index (κ1) is 15.7. The Morgan fingerprint density at radius 3 is 2.71 bits per heavy atom. The third-order valence-electron chi connectivity index (χ3n) is 3.36. The van der Waals surface area contributed by atoms with Gasteiger partial charge in [-0.2, -0.15) is 0 Å². The molecule has 2 aromatic rings. The second-order valence-electron chi connectivity index (χ2n) is 4.90. The predicted molar refractivity (Wildman–Crippen MR) is 82.2 cm³/mol. The zero-order chi connectivity index (χ0) is 15.4. The summed E-state index contributed by atoms with van der Waals surface area (Å²) in [5, 5.41) is 3.42. The molecule has 0 aliphatic carbocycles. The summed E-state index contributed by atoms with van der Waals surface area (Å²) in [5.41, 5.74) is 3.91. The van der Waals surface area contributed by atoms with Crippen molar-refractivity contribution in [3.63, 3.8) is 0 Å². The van der Waals surface area contributed by atoms with Crippen LogP contribution in [0.5, 0.6) is 5.75 Å². The van der Waals surface area contributed by atoms with Gasteiger partial charge < -0.3 is 10.1 Å². The second kappa shape index (κ2) is 6.87. The van der Waals surface area contributed by atoms with Crippen molar-refractivity contribution < 1.29 is 9.13 Å². The van der Waals surface area contributed by atoms with E-state index >= 15 is 0 Å². The number of rotatable bonds is 5. The van der Waals surface area contributed by atoms with Crippen molar-refractivity contribution in [3.8, 4) is 5.75 Å². The molecular weight excluding hydrogens is 291 g/mol. The number of aryl methyl sites for hydroxylation is 1. The van der Waals surface area contributed by atoms with Crippen molar-refractivity contribution in [2.24, 2.45) is 0 Å². The fraction of sp³-hybridized carbons (Fsp3) is 0.312. The zero-order valence-corrected chi connectivity index (χ0v) is 13.1. The van der Waals surface area contributed by atoms with Crippen LogP contribution in [0.3, 0.4) is 0 Å². The summed E-state index contributed by atoms with van der Waals surface area (Å²) in [5.74, 6) is 0.466. The Morgan fingerprint density at radius 2 is 2.05 bits per heavy atom.